The molecule has 0 spiro atoms. The molecule has 132 valence electrons. The van der Waals surface area contributed by atoms with Crippen molar-refractivity contribution in [3.63, 3.8) is 0 Å². The lowest BCUT2D eigenvalue weighted by atomic mass is 10.1. The van der Waals surface area contributed by atoms with Gasteiger partial charge in [0.2, 0.25) is 0 Å². The highest BCUT2D eigenvalue weighted by molar-refractivity contribution is 5.67. The molecular formula is C20H20FN5. The van der Waals surface area contributed by atoms with E-state index in [-0.39, 0.29) is 11.9 Å². The van der Waals surface area contributed by atoms with Crippen LogP contribution < -0.4 is 10.6 Å². The minimum atomic E-state index is -0.302. The highest BCUT2D eigenvalue weighted by atomic mass is 19.1. The van der Waals surface area contributed by atoms with Crippen LogP contribution in [0.5, 0.6) is 0 Å². The smallest absolute Gasteiger partial charge is 0.162 e. The van der Waals surface area contributed by atoms with Gasteiger partial charge in [0.1, 0.15) is 11.6 Å². The van der Waals surface area contributed by atoms with Crippen molar-refractivity contribution >= 4 is 5.82 Å². The number of pyridine rings is 1. The van der Waals surface area contributed by atoms with E-state index in [4.69, 9.17) is 10.7 Å². The van der Waals surface area contributed by atoms with E-state index < -0.39 is 0 Å². The van der Waals surface area contributed by atoms with Gasteiger partial charge in [-0.15, -0.1) is 0 Å². The topological polar surface area (TPSA) is 67.9 Å². The largest absolute Gasteiger partial charge is 0.356 e. The second-order valence-electron chi connectivity index (χ2n) is 6.51. The number of aromatic nitrogens is 3. The van der Waals surface area contributed by atoms with E-state index in [2.05, 4.69) is 14.9 Å². The van der Waals surface area contributed by atoms with E-state index in [0.717, 1.165) is 43.0 Å². The molecule has 1 aliphatic rings. The third-order valence-electron chi connectivity index (χ3n) is 4.62. The molecule has 0 aliphatic carbocycles. The molecule has 1 saturated heterocycles. The Labute approximate surface area is 151 Å². The SMILES string of the molecule is NC1CCN(c2cc(-c3cccnc3)nc(-c3cccc(F)c3)n2)CC1. The number of hydrogen-bond donors (Lipinski definition) is 1. The molecule has 3 aromatic rings. The molecule has 0 bridgehead atoms. The van der Waals surface area contributed by atoms with E-state index in [1.54, 1.807) is 18.5 Å². The van der Waals surface area contributed by atoms with Gasteiger partial charge >= 0.3 is 0 Å². The first kappa shape index (κ1) is 16.6. The van der Waals surface area contributed by atoms with Gasteiger partial charge in [-0.1, -0.05) is 12.1 Å². The highest BCUT2D eigenvalue weighted by Crippen LogP contribution is 2.27. The van der Waals surface area contributed by atoms with Gasteiger partial charge in [-0.05, 0) is 37.1 Å². The number of halogens is 1. The zero-order chi connectivity index (χ0) is 17.9. The summed E-state index contributed by atoms with van der Waals surface area (Å²) in [5.41, 5.74) is 8.36. The van der Waals surface area contributed by atoms with Crippen molar-refractivity contribution in [2.75, 3.05) is 18.0 Å². The fraction of sp³-hybridized carbons (Fsp3) is 0.250. The molecule has 1 aliphatic heterocycles. The van der Waals surface area contributed by atoms with Gasteiger partial charge in [0, 0.05) is 48.7 Å². The van der Waals surface area contributed by atoms with Crippen LogP contribution in [0, 0.1) is 5.82 Å². The number of nitrogens with zero attached hydrogens (tertiary/aromatic N) is 4. The zero-order valence-electron chi connectivity index (χ0n) is 14.3. The lowest BCUT2D eigenvalue weighted by molar-refractivity contribution is 0.498. The highest BCUT2D eigenvalue weighted by Gasteiger charge is 2.19. The van der Waals surface area contributed by atoms with Crippen LogP contribution in [0.1, 0.15) is 12.8 Å². The van der Waals surface area contributed by atoms with Crippen LogP contribution in [0.3, 0.4) is 0 Å². The predicted octanol–water partition coefficient (Wildman–Crippen LogP) is 3.27. The molecule has 0 radical (unpaired) electrons. The molecule has 26 heavy (non-hydrogen) atoms. The van der Waals surface area contributed by atoms with Gasteiger partial charge in [-0.2, -0.15) is 0 Å². The molecule has 2 aromatic heterocycles. The number of benzene rings is 1. The lowest BCUT2D eigenvalue weighted by Crippen LogP contribution is -2.40. The Morgan fingerprint density at radius 1 is 1.00 bits per heavy atom. The number of anilines is 1. The minimum absolute atomic E-state index is 0.244. The summed E-state index contributed by atoms with van der Waals surface area (Å²) in [6.07, 6.45) is 5.36. The molecule has 4 rings (SSSR count). The number of nitrogens with two attached hydrogens (primary N) is 1. The quantitative estimate of drug-likeness (QED) is 0.786. The molecule has 0 amide bonds. The van der Waals surface area contributed by atoms with E-state index >= 15 is 0 Å². The maximum absolute atomic E-state index is 13.7. The van der Waals surface area contributed by atoms with Crippen molar-refractivity contribution in [2.45, 2.75) is 18.9 Å². The average molecular weight is 349 g/mol. The second kappa shape index (κ2) is 7.17. The van der Waals surface area contributed by atoms with Crippen LogP contribution in [-0.4, -0.2) is 34.1 Å². The van der Waals surface area contributed by atoms with Crippen molar-refractivity contribution in [2.24, 2.45) is 5.73 Å². The third-order valence-corrected chi connectivity index (χ3v) is 4.62. The number of rotatable bonds is 3. The van der Waals surface area contributed by atoms with Crippen molar-refractivity contribution in [3.05, 3.63) is 60.7 Å². The molecule has 6 heteroatoms. The van der Waals surface area contributed by atoms with Crippen molar-refractivity contribution < 1.29 is 4.39 Å². The molecule has 2 N–H and O–H groups in total. The Hall–Kier alpha value is -2.86. The van der Waals surface area contributed by atoms with Crippen LogP contribution >= 0.6 is 0 Å². The first-order chi connectivity index (χ1) is 12.7. The maximum Gasteiger partial charge on any atom is 0.162 e. The van der Waals surface area contributed by atoms with Crippen LogP contribution in [0.25, 0.3) is 22.6 Å². The van der Waals surface area contributed by atoms with E-state index in [1.165, 1.54) is 12.1 Å². The zero-order valence-corrected chi connectivity index (χ0v) is 14.3. The molecular weight excluding hydrogens is 329 g/mol. The van der Waals surface area contributed by atoms with Crippen LogP contribution in [0.2, 0.25) is 0 Å². The fourth-order valence-electron chi connectivity index (χ4n) is 3.14. The van der Waals surface area contributed by atoms with Gasteiger partial charge in [0.25, 0.3) is 0 Å². The monoisotopic (exact) mass is 349 g/mol. The number of hydrogen-bond acceptors (Lipinski definition) is 5. The Morgan fingerprint density at radius 2 is 1.81 bits per heavy atom. The van der Waals surface area contributed by atoms with Crippen molar-refractivity contribution in [1.82, 2.24) is 15.0 Å². The summed E-state index contributed by atoms with van der Waals surface area (Å²) < 4.78 is 13.7. The minimum Gasteiger partial charge on any atom is -0.356 e. The normalized spacial score (nSPS) is 15.2. The van der Waals surface area contributed by atoms with Gasteiger partial charge in [-0.25, -0.2) is 14.4 Å². The first-order valence-electron chi connectivity index (χ1n) is 8.75. The fourth-order valence-corrected chi connectivity index (χ4v) is 3.14. The van der Waals surface area contributed by atoms with Crippen LogP contribution in [-0.2, 0) is 0 Å². The van der Waals surface area contributed by atoms with E-state index in [0.29, 0.717) is 11.4 Å². The summed E-state index contributed by atoms with van der Waals surface area (Å²) in [6, 6.07) is 12.4. The maximum atomic E-state index is 13.7. The Bertz CT molecular complexity index is 892. The van der Waals surface area contributed by atoms with Gasteiger partial charge in [0.05, 0.1) is 5.69 Å². The molecule has 1 fully saturated rings. The average Bonchev–Trinajstić information content (AvgIpc) is 2.69. The summed E-state index contributed by atoms with van der Waals surface area (Å²) in [7, 11) is 0. The third kappa shape index (κ3) is 3.55. The first-order valence-corrected chi connectivity index (χ1v) is 8.75. The Morgan fingerprint density at radius 3 is 2.54 bits per heavy atom. The predicted molar refractivity (Wildman–Crippen MR) is 100 cm³/mol. The molecule has 3 heterocycles. The van der Waals surface area contributed by atoms with Crippen LogP contribution in [0.15, 0.2) is 54.9 Å². The van der Waals surface area contributed by atoms with E-state index in [9.17, 15) is 4.39 Å². The van der Waals surface area contributed by atoms with Gasteiger partial charge < -0.3 is 10.6 Å². The molecule has 0 atom stereocenters. The Kier molecular flexibility index (Phi) is 4.58. The Balaban J connectivity index is 1.79. The standard InChI is InChI=1S/C20H20FN5/c21-16-5-1-3-14(11-16)20-24-18(15-4-2-8-23-13-15)12-19(25-20)26-9-6-17(22)7-10-26/h1-5,8,11-13,17H,6-7,9-10,22H2. The van der Waals surface area contributed by atoms with Gasteiger partial charge in [-0.3, -0.25) is 4.98 Å². The lowest BCUT2D eigenvalue weighted by Gasteiger charge is -2.31. The summed E-state index contributed by atoms with van der Waals surface area (Å²) in [6.45, 7) is 1.71. The van der Waals surface area contributed by atoms with Crippen LogP contribution in [0.4, 0.5) is 10.2 Å². The summed E-state index contributed by atoms with van der Waals surface area (Å²) in [5, 5.41) is 0. The second-order valence-corrected chi connectivity index (χ2v) is 6.51. The van der Waals surface area contributed by atoms with Gasteiger partial charge in [0.15, 0.2) is 5.82 Å². The summed E-state index contributed by atoms with van der Waals surface area (Å²) in [5.74, 6) is 1.05. The van der Waals surface area contributed by atoms with Crippen molar-refractivity contribution in [1.29, 1.82) is 0 Å². The molecule has 0 unspecified atom stereocenters. The summed E-state index contributed by atoms with van der Waals surface area (Å²) in [4.78, 5) is 15.8. The molecule has 0 saturated carbocycles. The van der Waals surface area contributed by atoms with Crippen molar-refractivity contribution in [3.8, 4) is 22.6 Å². The van der Waals surface area contributed by atoms with E-state index in [1.807, 2.05) is 24.3 Å². The molecule has 1 aromatic carbocycles. The molecule has 5 nitrogen and oxygen atoms in total. The summed E-state index contributed by atoms with van der Waals surface area (Å²) >= 11 is 0. The number of piperidine rings is 1.